The summed E-state index contributed by atoms with van der Waals surface area (Å²) in [6.45, 7) is 1.63. The zero-order chi connectivity index (χ0) is 20.6. The fourth-order valence-electron chi connectivity index (χ4n) is 3.06. The molecule has 0 saturated heterocycles. The smallest absolute Gasteiger partial charge is 0.345 e. The lowest BCUT2D eigenvalue weighted by molar-refractivity contribution is 0.414. The Balaban J connectivity index is 1.33. The summed E-state index contributed by atoms with van der Waals surface area (Å²) in [6.07, 6.45) is 0.950. The van der Waals surface area contributed by atoms with Crippen LogP contribution in [0.2, 0.25) is 0 Å². The van der Waals surface area contributed by atoms with Gasteiger partial charge in [-0.25, -0.2) is 0 Å². The molecule has 1 heterocycles. The van der Waals surface area contributed by atoms with Crippen molar-refractivity contribution in [2.45, 2.75) is 13.0 Å². The molecule has 1 N–H and O–H groups in total. The maximum atomic E-state index is 5.93. The molecule has 0 aliphatic carbocycles. The third kappa shape index (κ3) is 5.01. The topological polar surface area (TPSA) is 74.1 Å². The van der Waals surface area contributed by atoms with E-state index >= 15 is 0 Å². The Morgan fingerprint density at radius 1 is 0.867 bits per heavy atom. The van der Waals surface area contributed by atoms with E-state index in [1.165, 1.54) is 5.56 Å². The van der Waals surface area contributed by atoms with Crippen molar-refractivity contribution in [1.29, 1.82) is 0 Å². The lowest BCUT2D eigenvalue weighted by atomic mass is 10.1. The van der Waals surface area contributed by atoms with Gasteiger partial charge in [-0.1, -0.05) is 47.6 Å². The Morgan fingerprint density at radius 2 is 1.70 bits per heavy atom. The number of nitrogens with one attached hydrogen (secondary N) is 1. The molecule has 152 valence electrons. The molecule has 30 heavy (non-hydrogen) atoms. The van der Waals surface area contributed by atoms with Gasteiger partial charge in [0, 0.05) is 6.54 Å². The van der Waals surface area contributed by atoms with Gasteiger partial charge in [-0.15, -0.1) is 0 Å². The van der Waals surface area contributed by atoms with Crippen molar-refractivity contribution >= 4 is 0 Å². The van der Waals surface area contributed by atoms with Gasteiger partial charge in [0.1, 0.15) is 11.5 Å². The average Bonchev–Trinajstić information content (AvgIpc) is 3.26. The van der Waals surface area contributed by atoms with Gasteiger partial charge in [-0.2, -0.15) is 4.68 Å². The van der Waals surface area contributed by atoms with E-state index in [2.05, 4.69) is 39.0 Å². The summed E-state index contributed by atoms with van der Waals surface area (Å²) < 4.78 is 12.7. The van der Waals surface area contributed by atoms with Gasteiger partial charge in [0.25, 0.3) is 0 Å². The van der Waals surface area contributed by atoms with E-state index in [-0.39, 0.29) is 0 Å². The summed E-state index contributed by atoms with van der Waals surface area (Å²) in [7, 11) is 1.68. The molecule has 7 heteroatoms. The molecule has 7 nitrogen and oxygen atoms in total. The second kappa shape index (κ2) is 9.67. The largest absolute Gasteiger partial charge is 0.497 e. The highest BCUT2D eigenvalue weighted by molar-refractivity contribution is 5.34. The quantitative estimate of drug-likeness (QED) is 0.430. The third-order valence-electron chi connectivity index (χ3n) is 4.63. The van der Waals surface area contributed by atoms with Crippen molar-refractivity contribution < 1.29 is 9.47 Å². The number of tetrazole rings is 1. The minimum atomic E-state index is 0.325. The fraction of sp³-hybridized carbons (Fsp3) is 0.174. The average molecular weight is 401 g/mol. The molecular formula is C23H23N5O2. The zero-order valence-electron chi connectivity index (χ0n) is 16.7. The van der Waals surface area contributed by atoms with E-state index in [9.17, 15) is 0 Å². The zero-order valence-corrected chi connectivity index (χ0v) is 16.7. The normalized spacial score (nSPS) is 10.7. The lowest BCUT2D eigenvalue weighted by Crippen LogP contribution is -2.16. The number of aromatic nitrogens is 4. The van der Waals surface area contributed by atoms with E-state index in [1.54, 1.807) is 11.8 Å². The van der Waals surface area contributed by atoms with Crippen LogP contribution in [0.5, 0.6) is 17.5 Å². The van der Waals surface area contributed by atoms with Crippen molar-refractivity contribution in [3.05, 3.63) is 90.0 Å². The van der Waals surface area contributed by atoms with E-state index in [0.717, 1.165) is 36.5 Å². The standard InChI is InChI=1S/C23H23N5O2/c1-29-21-12-10-18(11-13-21)14-15-24-17-19-6-5-9-22(16-19)30-23-25-26-27-28(23)20-7-3-2-4-8-20/h2-13,16,24H,14-15,17H2,1H3. The number of hydrogen-bond acceptors (Lipinski definition) is 6. The SMILES string of the molecule is COc1ccc(CCNCc2cccc(Oc3nnnn3-c3ccccc3)c2)cc1. The Kier molecular flexibility index (Phi) is 6.31. The molecule has 0 aliphatic heterocycles. The molecule has 0 fully saturated rings. The van der Waals surface area contributed by atoms with Gasteiger partial charge < -0.3 is 14.8 Å². The summed E-state index contributed by atoms with van der Waals surface area (Å²) >= 11 is 0. The maximum Gasteiger partial charge on any atom is 0.345 e. The highest BCUT2D eigenvalue weighted by Crippen LogP contribution is 2.22. The predicted molar refractivity (Wildman–Crippen MR) is 114 cm³/mol. The van der Waals surface area contributed by atoms with Crippen molar-refractivity contribution in [3.63, 3.8) is 0 Å². The molecule has 3 aromatic carbocycles. The van der Waals surface area contributed by atoms with Crippen LogP contribution < -0.4 is 14.8 Å². The summed E-state index contributed by atoms with van der Waals surface area (Å²) in [5.74, 6) is 1.57. The first-order chi connectivity index (χ1) is 14.8. The Morgan fingerprint density at radius 3 is 2.50 bits per heavy atom. The fourth-order valence-corrected chi connectivity index (χ4v) is 3.06. The molecule has 0 radical (unpaired) electrons. The second-order valence-electron chi connectivity index (χ2n) is 6.73. The number of rotatable bonds is 9. The number of hydrogen-bond donors (Lipinski definition) is 1. The molecule has 0 bridgehead atoms. The maximum absolute atomic E-state index is 5.93. The Labute approximate surface area is 175 Å². The van der Waals surface area contributed by atoms with Gasteiger partial charge in [0.05, 0.1) is 12.8 Å². The molecule has 0 spiro atoms. The van der Waals surface area contributed by atoms with E-state index in [4.69, 9.17) is 9.47 Å². The van der Waals surface area contributed by atoms with Crippen molar-refractivity contribution in [2.75, 3.05) is 13.7 Å². The van der Waals surface area contributed by atoms with Crippen LogP contribution in [-0.4, -0.2) is 33.9 Å². The first kappa shape index (κ1) is 19.6. The monoisotopic (exact) mass is 401 g/mol. The first-order valence-corrected chi connectivity index (χ1v) is 9.76. The van der Waals surface area contributed by atoms with Gasteiger partial charge in [-0.05, 0) is 70.9 Å². The van der Waals surface area contributed by atoms with Crippen LogP contribution in [0.15, 0.2) is 78.9 Å². The Bertz CT molecular complexity index is 1060. The molecule has 0 amide bonds. The number of benzene rings is 3. The summed E-state index contributed by atoms with van der Waals surface area (Å²) in [5, 5.41) is 15.2. The Hall–Kier alpha value is -3.71. The first-order valence-electron chi connectivity index (χ1n) is 9.76. The summed E-state index contributed by atoms with van der Waals surface area (Å²) in [6, 6.07) is 26.0. The molecule has 0 saturated carbocycles. The van der Waals surface area contributed by atoms with Gasteiger partial charge >= 0.3 is 6.01 Å². The molecule has 4 aromatic rings. The van der Waals surface area contributed by atoms with E-state index < -0.39 is 0 Å². The molecular weight excluding hydrogens is 378 g/mol. The lowest BCUT2D eigenvalue weighted by Gasteiger charge is -2.09. The van der Waals surface area contributed by atoms with E-state index in [0.29, 0.717) is 11.8 Å². The summed E-state index contributed by atoms with van der Waals surface area (Å²) in [4.78, 5) is 0. The second-order valence-corrected chi connectivity index (χ2v) is 6.73. The van der Waals surface area contributed by atoms with Crippen molar-refractivity contribution in [3.8, 4) is 23.2 Å². The number of methoxy groups -OCH3 is 1. The molecule has 0 aliphatic rings. The summed E-state index contributed by atoms with van der Waals surface area (Å²) in [5.41, 5.74) is 3.24. The van der Waals surface area contributed by atoms with Crippen LogP contribution >= 0.6 is 0 Å². The van der Waals surface area contributed by atoms with Crippen LogP contribution in [0.25, 0.3) is 5.69 Å². The van der Waals surface area contributed by atoms with Gasteiger partial charge in [-0.3, -0.25) is 0 Å². The predicted octanol–water partition coefficient (Wildman–Crippen LogP) is 3.80. The number of nitrogens with zero attached hydrogens (tertiary/aromatic N) is 4. The molecule has 4 rings (SSSR count). The van der Waals surface area contributed by atoms with Crippen molar-refractivity contribution in [2.24, 2.45) is 0 Å². The number of ether oxygens (including phenoxy) is 2. The highest BCUT2D eigenvalue weighted by atomic mass is 16.5. The minimum absolute atomic E-state index is 0.325. The highest BCUT2D eigenvalue weighted by Gasteiger charge is 2.10. The van der Waals surface area contributed by atoms with Crippen LogP contribution in [0.3, 0.4) is 0 Å². The number of para-hydroxylation sites is 1. The van der Waals surface area contributed by atoms with Crippen LogP contribution in [-0.2, 0) is 13.0 Å². The van der Waals surface area contributed by atoms with Crippen LogP contribution in [0, 0.1) is 0 Å². The van der Waals surface area contributed by atoms with Crippen LogP contribution in [0.1, 0.15) is 11.1 Å². The van der Waals surface area contributed by atoms with E-state index in [1.807, 2.05) is 60.7 Å². The molecule has 1 aromatic heterocycles. The molecule has 0 unspecified atom stereocenters. The third-order valence-corrected chi connectivity index (χ3v) is 4.63. The molecule has 0 atom stereocenters. The van der Waals surface area contributed by atoms with Crippen molar-refractivity contribution in [1.82, 2.24) is 25.5 Å². The minimum Gasteiger partial charge on any atom is -0.497 e. The van der Waals surface area contributed by atoms with Gasteiger partial charge in [0.15, 0.2) is 0 Å². The van der Waals surface area contributed by atoms with Crippen LogP contribution in [0.4, 0.5) is 0 Å². The van der Waals surface area contributed by atoms with Gasteiger partial charge in [0.2, 0.25) is 0 Å².